The van der Waals surface area contributed by atoms with Crippen LogP contribution in [0.4, 0.5) is 0 Å². The molecule has 0 bridgehead atoms. The number of aromatic nitrogens is 2. The van der Waals surface area contributed by atoms with Crippen molar-refractivity contribution in [2.45, 2.75) is 63.9 Å². The fraction of sp³-hybridized carbons (Fsp3) is 0.609. The molecule has 33 heavy (non-hydrogen) atoms. The Morgan fingerprint density at radius 3 is 2.64 bits per heavy atom. The van der Waals surface area contributed by atoms with E-state index in [-0.39, 0.29) is 28.7 Å². The monoisotopic (exact) mass is 477 g/mol. The van der Waals surface area contributed by atoms with E-state index in [2.05, 4.69) is 10.3 Å². The predicted octanol–water partition coefficient (Wildman–Crippen LogP) is 2.00. The van der Waals surface area contributed by atoms with Gasteiger partial charge < -0.3 is 14.8 Å². The molecule has 1 aromatic carbocycles. The molecule has 1 fully saturated rings. The van der Waals surface area contributed by atoms with Crippen LogP contribution in [0.15, 0.2) is 23.1 Å². The third kappa shape index (κ3) is 5.55. The first kappa shape index (κ1) is 25.2. The van der Waals surface area contributed by atoms with Gasteiger partial charge in [-0.25, -0.2) is 17.7 Å². The number of benzene rings is 1. The maximum Gasteiger partial charge on any atom is 0.242 e. The molecule has 0 unspecified atom stereocenters. The van der Waals surface area contributed by atoms with E-state index in [0.717, 1.165) is 24.2 Å². The maximum absolute atomic E-state index is 12.9. The highest BCUT2D eigenvalue weighted by atomic mass is 32.2. The minimum absolute atomic E-state index is 0.00474. The number of nitrogens with zero attached hydrogens (tertiary/aromatic N) is 4. The first-order valence-electron chi connectivity index (χ1n) is 11.5. The molecule has 0 aliphatic carbocycles. The van der Waals surface area contributed by atoms with E-state index in [1.165, 1.54) is 18.4 Å². The first-order chi connectivity index (χ1) is 15.5. The highest BCUT2D eigenvalue weighted by Gasteiger charge is 2.26. The zero-order chi connectivity index (χ0) is 24.3. The average Bonchev–Trinajstić information content (AvgIpc) is 3.14. The zero-order valence-electron chi connectivity index (χ0n) is 20.2. The Balaban J connectivity index is 1.71. The van der Waals surface area contributed by atoms with Crippen LogP contribution in [0, 0.1) is 5.92 Å². The van der Waals surface area contributed by atoms with Crippen LogP contribution in [0.2, 0.25) is 0 Å². The van der Waals surface area contributed by atoms with Gasteiger partial charge in [-0.15, -0.1) is 0 Å². The molecule has 0 radical (unpaired) electrons. The van der Waals surface area contributed by atoms with E-state index in [9.17, 15) is 18.0 Å². The van der Waals surface area contributed by atoms with Gasteiger partial charge in [0.25, 0.3) is 0 Å². The summed E-state index contributed by atoms with van der Waals surface area (Å²) in [7, 11) is -0.544. The van der Waals surface area contributed by atoms with Crippen LogP contribution in [0.5, 0.6) is 0 Å². The van der Waals surface area contributed by atoms with Crippen molar-refractivity contribution in [1.29, 1.82) is 0 Å². The molecule has 0 saturated carbocycles. The van der Waals surface area contributed by atoms with Gasteiger partial charge in [0.05, 0.1) is 15.9 Å². The zero-order valence-corrected chi connectivity index (χ0v) is 21.0. The lowest BCUT2D eigenvalue weighted by atomic mass is 10.0. The number of aryl methyl sites for hydroxylation is 2. The van der Waals surface area contributed by atoms with E-state index in [1.54, 1.807) is 18.2 Å². The normalized spacial score (nSPS) is 17.2. The van der Waals surface area contributed by atoms with Crippen LogP contribution in [0.25, 0.3) is 11.0 Å². The highest BCUT2D eigenvalue weighted by Crippen LogP contribution is 2.23. The Morgan fingerprint density at radius 2 is 2.00 bits per heavy atom. The molecule has 1 aromatic heterocycles. The summed E-state index contributed by atoms with van der Waals surface area (Å²) in [5.41, 5.74) is 1.46. The lowest BCUT2D eigenvalue weighted by molar-refractivity contribution is -0.134. The summed E-state index contributed by atoms with van der Waals surface area (Å²) in [6, 6.07) is 4.96. The van der Waals surface area contributed by atoms with Crippen LogP contribution >= 0.6 is 0 Å². The Kier molecular flexibility index (Phi) is 7.79. The third-order valence-electron chi connectivity index (χ3n) is 6.10. The molecular weight excluding hydrogens is 442 g/mol. The summed E-state index contributed by atoms with van der Waals surface area (Å²) >= 11 is 0. The first-order valence-corrected chi connectivity index (χ1v) is 13.0. The minimum Gasteiger partial charge on any atom is -0.351 e. The number of imidazole rings is 1. The van der Waals surface area contributed by atoms with Crippen molar-refractivity contribution < 1.29 is 18.0 Å². The topological polar surface area (TPSA) is 105 Å². The van der Waals surface area contributed by atoms with Gasteiger partial charge in [-0.3, -0.25) is 9.59 Å². The lowest BCUT2D eigenvalue weighted by Crippen LogP contribution is -2.50. The van der Waals surface area contributed by atoms with E-state index < -0.39 is 10.0 Å². The van der Waals surface area contributed by atoms with Crippen molar-refractivity contribution in [3.63, 3.8) is 0 Å². The summed E-state index contributed by atoms with van der Waals surface area (Å²) in [5.74, 6) is 0.749. The number of carbonyl (C=O) groups is 2. The smallest absolute Gasteiger partial charge is 0.242 e. The van der Waals surface area contributed by atoms with Crippen molar-refractivity contribution >= 4 is 32.9 Å². The van der Waals surface area contributed by atoms with Gasteiger partial charge in [-0.05, 0) is 38.0 Å². The number of nitrogens with one attached hydrogen (secondary N) is 1. The summed E-state index contributed by atoms with van der Waals surface area (Å²) in [5, 5.41) is 3.04. The molecule has 1 atom stereocenters. The number of amides is 2. The van der Waals surface area contributed by atoms with Crippen LogP contribution in [-0.4, -0.2) is 72.2 Å². The molecule has 9 nitrogen and oxygen atoms in total. The molecule has 2 aromatic rings. The second kappa shape index (κ2) is 10.2. The van der Waals surface area contributed by atoms with Gasteiger partial charge in [0, 0.05) is 58.5 Å². The second-order valence-corrected chi connectivity index (χ2v) is 11.2. The minimum atomic E-state index is -3.55. The van der Waals surface area contributed by atoms with Crippen molar-refractivity contribution in [2.75, 3.05) is 27.2 Å². The quantitative estimate of drug-likeness (QED) is 0.626. The van der Waals surface area contributed by atoms with Crippen LogP contribution in [-0.2, 0) is 32.6 Å². The van der Waals surface area contributed by atoms with Gasteiger partial charge >= 0.3 is 0 Å². The molecule has 2 heterocycles. The number of sulfonamides is 1. The number of fused-ring (bicyclic) bond motifs is 1. The van der Waals surface area contributed by atoms with E-state index in [4.69, 9.17) is 0 Å². The maximum atomic E-state index is 12.9. The van der Waals surface area contributed by atoms with Gasteiger partial charge in [0.15, 0.2) is 0 Å². The summed E-state index contributed by atoms with van der Waals surface area (Å²) in [6.07, 6.45) is 2.53. The number of hydrogen-bond donors (Lipinski definition) is 1. The Labute approximate surface area is 196 Å². The third-order valence-corrected chi connectivity index (χ3v) is 7.91. The molecule has 2 amide bonds. The fourth-order valence-electron chi connectivity index (χ4n) is 4.14. The predicted molar refractivity (Wildman–Crippen MR) is 127 cm³/mol. The average molecular weight is 478 g/mol. The Morgan fingerprint density at radius 1 is 1.27 bits per heavy atom. The standard InChI is InChI=1S/C23H35N5O4S/c1-6-28-20-10-9-18(33(31,32)26(4)5)14-19(20)25-21(28)11-12-22(29)27-13-7-8-17(15-27)24-23(30)16(2)3/h9-10,14,16-17H,6-8,11-13,15H2,1-5H3,(H,24,30)/t17-/m1/s1. The van der Waals surface area contributed by atoms with Crippen LogP contribution < -0.4 is 5.32 Å². The summed E-state index contributed by atoms with van der Waals surface area (Å²) < 4.78 is 28.2. The molecule has 1 aliphatic heterocycles. The summed E-state index contributed by atoms with van der Waals surface area (Å²) in [4.78, 5) is 31.6. The number of carbonyl (C=O) groups excluding carboxylic acids is 2. The molecule has 182 valence electrons. The largest absolute Gasteiger partial charge is 0.351 e. The molecule has 3 rings (SSSR count). The number of rotatable bonds is 8. The summed E-state index contributed by atoms with van der Waals surface area (Å²) in [6.45, 7) is 7.63. The number of piperidine rings is 1. The van der Waals surface area contributed by atoms with Crippen LogP contribution in [0.3, 0.4) is 0 Å². The van der Waals surface area contributed by atoms with Crippen molar-refractivity contribution in [2.24, 2.45) is 5.92 Å². The Hall–Kier alpha value is -2.46. The van der Waals surface area contributed by atoms with E-state index in [0.29, 0.717) is 38.0 Å². The SMILES string of the molecule is CCn1c(CCC(=O)N2CCC[C@@H](NC(=O)C(C)C)C2)nc2cc(S(=O)(=O)N(C)C)ccc21. The molecule has 0 spiro atoms. The van der Waals surface area contributed by atoms with Crippen molar-refractivity contribution in [3.8, 4) is 0 Å². The highest BCUT2D eigenvalue weighted by molar-refractivity contribution is 7.89. The van der Waals surface area contributed by atoms with E-state index in [1.807, 2.05) is 30.2 Å². The van der Waals surface area contributed by atoms with Gasteiger partial charge in [-0.1, -0.05) is 13.8 Å². The second-order valence-electron chi connectivity index (χ2n) is 9.05. The number of likely N-dealkylation sites (tertiary alicyclic amines) is 1. The molecule has 1 N–H and O–H groups in total. The fourth-order valence-corrected chi connectivity index (χ4v) is 5.06. The number of hydrogen-bond acceptors (Lipinski definition) is 5. The van der Waals surface area contributed by atoms with Gasteiger partial charge in [0.1, 0.15) is 5.82 Å². The molecule has 10 heteroatoms. The Bertz CT molecular complexity index is 1120. The van der Waals surface area contributed by atoms with E-state index >= 15 is 0 Å². The molecule has 1 aliphatic rings. The van der Waals surface area contributed by atoms with Crippen molar-refractivity contribution in [3.05, 3.63) is 24.0 Å². The van der Waals surface area contributed by atoms with Crippen molar-refractivity contribution in [1.82, 2.24) is 24.1 Å². The molecular formula is C23H35N5O4S. The van der Waals surface area contributed by atoms with Gasteiger partial charge in [0.2, 0.25) is 21.8 Å². The van der Waals surface area contributed by atoms with Gasteiger partial charge in [-0.2, -0.15) is 0 Å². The molecule has 1 saturated heterocycles. The lowest BCUT2D eigenvalue weighted by Gasteiger charge is -2.33. The van der Waals surface area contributed by atoms with Crippen LogP contribution in [0.1, 0.15) is 45.9 Å².